The van der Waals surface area contributed by atoms with E-state index in [0.29, 0.717) is 0 Å². The van der Waals surface area contributed by atoms with Crippen molar-refractivity contribution >= 4 is 14.9 Å². The van der Waals surface area contributed by atoms with Gasteiger partial charge >= 0.3 is 8.80 Å². The quantitative estimate of drug-likeness (QED) is 0.392. The largest absolute Gasteiger partial charge is 0.500 e. The molecule has 0 radical (unpaired) electrons. The second-order valence-electron chi connectivity index (χ2n) is 4.65. The van der Waals surface area contributed by atoms with Crippen molar-refractivity contribution < 1.29 is 13.3 Å². The highest BCUT2D eigenvalue weighted by Gasteiger charge is 2.36. The second kappa shape index (κ2) is 9.83. The summed E-state index contributed by atoms with van der Waals surface area (Å²) in [4.78, 5) is 0. The zero-order valence-electron chi connectivity index (χ0n) is 13.0. The smallest absolute Gasteiger partial charge is 0.377 e. The van der Waals surface area contributed by atoms with E-state index in [-0.39, 0.29) is 6.17 Å². The Morgan fingerprint density at radius 1 is 1.14 bits per heavy atom. The van der Waals surface area contributed by atoms with Crippen molar-refractivity contribution in [1.82, 2.24) is 5.32 Å². The van der Waals surface area contributed by atoms with Crippen LogP contribution in [0.15, 0.2) is 36.4 Å². The average molecular weight is 310 g/mol. The molecule has 0 saturated heterocycles. The molecule has 1 atom stereocenters. The van der Waals surface area contributed by atoms with Crippen molar-refractivity contribution in [3.05, 3.63) is 42.0 Å². The predicted octanol–water partition coefficient (Wildman–Crippen LogP) is 1.84. The van der Waals surface area contributed by atoms with E-state index in [1.807, 2.05) is 42.5 Å². The first-order valence-corrected chi connectivity index (χ1v) is 8.96. The maximum absolute atomic E-state index is 5.99. The molecule has 0 aliphatic heterocycles. The number of nitrogens with two attached hydrogens (primary N) is 1. The highest BCUT2D eigenvalue weighted by atomic mass is 28.4. The first kappa shape index (κ1) is 18.0. The summed E-state index contributed by atoms with van der Waals surface area (Å²) in [5.41, 5.74) is 7.13. The van der Waals surface area contributed by atoms with E-state index in [9.17, 15) is 0 Å². The third kappa shape index (κ3) is 6.51. The van der Waals surface area contributed by atoms with Crippen LogP contribution >= 0.6 is 0 Å². The molecule has 118 valence electrons. The normalized spacial score (nSPS) is 13.7. The van der Waals surface area contributed by atoms with Crippen LogP contribution in [0.4, 0.5) is 0 Å². The Bertz CT molecular complexity index is 402. The summed E-state index contributed by atoms with van der Waals surface area (Å²) in [6.07, 6.45) is 4.67. The molecule has 0 spiro atoms. The van der Waals surface area contributed by atoms with Gasteiger partial charge < -0.3 is 19.0 Å². The Balaban J connectivity index is 2.27. The van der Waals surface area contributed by atoms with Gasteiger partial charge in [-0.1, -0.05) is 42.5 Å². The van der Waals surface area contributed by atoms with Gasteiger partial charge in [-0.3, -0.25) is 5.32 Å². The average Bonchev–Trinajstić information content (AvgIpc) is 2.55. The summed E-state index contributed by atoms with van der Waals surface area (Å²) in [5, 5.41) is 3.24. The summed E-state index contributed by atoms with van der Waals surface area (Å²) in [6.45, 7) is 0.783. The molecular weight excluding hydrogens is 284 g/mol. The van der Waals surface area contributed by atoms with Crippen molar-refractivity contribution in [2.45, 2.75) is 18.6 Å². The molecule has 0 aliphatic carbocycles. The van der Waals surface area contributed by atoms with Crippen LogP contribution in [0.2, 0.25) is 6.04 Å². The molecule has 0 aliphatic rings. The van der Waals surface area contributed by atoms with Gasteiger partial charge in [-0.15, -0.1) is 0 Å². The Labute approximate surface area is 128 Å². The summed E-state index contributed by atoms with van der Waals surface area (Å²) in [6, 6.07) is 10.8. The fourth-order valence-electron chi connectivity index (χ4n) is 1.98. The molecule has 1 rings (SSSR count). The minimum absolute atomic E-state index is 0.172. The maximum Gasteiger partial charge on any atom is 0.500 e. The van der Waals surface area contributed by atoms with Gasteiger partial charge in [-0.2, -0.15) is 0 Å². The predicted molar refractivity (Wildman–Crippen MR) is 87.7 cm³/mol. The Morgan fingerprint density at radius 3 is 2.33 bits per heavy atom. The SMILES string of the molecule is CO[Si](CCCNC(N)C=Cc1ccccc1)(OC)OC. The fraction of sp³-hybridized carbons (Fsp3) is 0.467. The van der Waals surface area contributed by atoms with Gasteiger partial charge in [-0.05, 0) is 18.5 Å². The monoisotopic (exact) mass is 310 g/mol. The van der Waals surface area contributed by atoms with Gasteiger partial charge in [-0.25, -0.2) is 0 Å². The molecule has 1 aromatic rings. The zero-order valence-corrected chi connectivity index (χ0v) is 14.0. The van der Waals surface area contributed by atoms with E-state index < -0.39 is 8.80 Å². The van der Waals surface area contributed by atoms with E-state index in [1.54, 1.807) is 21.3 Å². The van der Waals surface area contributed by atoms with Crippen LogP contribution in [0.25, 0.3) is 6.08 Å². The van der Waals surface area contributed by atoms with Gasteiger partial charge in [0.15, 0.2) is 0 Å². The number of rotatable bonds is 10. The van der Waals surface area contributed by atoms with Crippen LogP contribution < -0.4 is 11.1 Å². The number of hydrogen-bond donors (Lipinski definition) is 2. The third-order valence-corrected chi connectivity index (χ3v) is 6.10. The minimum atomic E-state index is -2.46. The molecule has 0 fully saturated rings. The molecule has 0 aromatic heterocycles. The summed E-state index contributed by atoms with van der Waals surface area (Å²) in [7, 11) is 2.42. The fourth-order valence-corrected chi connectivity index (χ4v) is 3.70. The van der Waals surface area contributed by atoms with E-state index in [2.05, 4.69) is 5.32 Å². The summed E-state index contributed by atoms with van der Waals surface area (Å²) >= 11 is 0. The van der Waals surface area contributed by atoms with Crippen molar-refractivity contribution in [2.24, 2.45) is 5.73 Å². The van der Waals surface area contributed by atoms with E-state index in [4.69, 9.17) is 19.0 Å². The van der Waals surface area contributed by atoms with Crippen molar-refractivity contribution in [1.29, 1.82) is 0 Å². The van der Waals surface area contributed by atoms with E-state index in [0.717, 1.165) is 24.6 Å². The van der Waals surface area contributed by atoms with Crippen LogP contribution in [0.1, 0.15) is 12.0 Å². The Kier molecular flexibility index (Phi) is 8.44. The number of benzene rings is 1. The standard InChI is InChI=1S/C15H26N2O3Si/c1-18-21(19-2,20-3)13-7-12-17-15(16)11-10-14-8-5-4-6-9-14/h4-6,8-11,15,17H,7,12-13,16H2,1-3H3. The van der Waals surface area contributed by atoms with Gasteiger partial charge in [0.05, 0.1) is 6.17 Å². The lowest BCUT2D eigenvalue weighted by molar-refractivity contribution is 0.123. The molecule has 21 heavy (non-hydrogen) atoms. The summed E-state index contributed by atoms with van der Waals surface area (Å²) in [5.74, 6) is 0. The van der Waals surface area contributed by atoms with Gasteiger partial charge in [0.2, 0.25) is 0 Å². The van der Waals surface area contributed by atoms with Crippen LogP contribution in [0.5, 0.6) is 0 Å². The molecule has 1 aromatic carbocycles. The van der Waals surface area contributed by atoms with E-state index in [1.165, 1.54) is 0 Å². The lowest BCUT2D eigenvalue weighted by Crippen LogP contribution is -2.44. The minimum Gasteiger partial charge on any atom is -0.377 e. The number of nitrogens with one attached hydrogen (secondary N) is 1. The molecule has 1 unspecified atom stereocenters. The highest BCUT2D eigenvalue weighted by Crippen LogP contribution is 2.14. The Morgan fingerprint density at radius 2 is 1.76 bits per heavy atom. The topological polar surface area (TPSA) is 65.7 Å². The van der Waals surface area contributed by atoms with Crippen LogP contribution in [-0.4, -0.2) is 42.8 Å². The number of hydrogen-bond acceptors (Lipinski definition) is 5. The second-order valence-corrected chi connectivity index (χ2v) is 7.74. The van der Waals surface area contributed by atoms with Gasteiger partial charge in [0, 0.05) is 27.4 Å². The van der Waals surface area contributed by atoms with Gasteiger partial charge in [0.25, 0.3) is 0 Å². The van der Waals surface area contributed by atoms with Crippen LogP contribution in [-0.2, 0) is 13.3 Å². The molecule has 3 N–H and O–H groups in total. The molecule has 0 saturated carbocycles. The van der Waals surface area contributed by atoms with Crippen molar-refractivity contribution in [2.75, 3.05) is 27.9 Å². The van der Waals surface area contributed by atoms with Crippen LogP contribution in [0.3, 0.4) is 0 Å². The lowest BCUT2D eigenvalue weighted by Gasteiger charge is -2.24. The first-order valence-electron chi connectivity index (χ1n) is 7.03. The highest BCUT2D eigenvalue weighted by molar-refractivity contribution is 6.60. The molecule has 6 heteroatoms. The third-order valence-electron chi connectivity index (χ3n) is 3.27. The molecule has 0 amide bonds. The Hall–Kier alpha value is -1.02. The molecule has 5 nitrogen and oxygen atoms in total. The molecule has 0 heterocycles. The lowest BCUT2D eigenvalue weighted by atomic mass is 10.2. The van der Waals surface area contributed by atoms with Crippen LogP contribution in [0, 0.1) is 0 Å². The molecule has 0 bridgehead atoms. The van der Waals surface area contributed by atoms with E-state index >= 15 is 0 Å². The maximum atomic E-state index is 5.99. The van der Waals surface area contributed by atoms with Crippen molar-refractivity contribution in [3.8, 4) is 0 Å². The first-order chi connectivity index (χ1) is 10.2. The van der Waals surface area contributed by atoms with Gasteiger partial charge in [0.1, 0.15) is 0 Å². The van der Waals surface area contributed by atoms with Crippen molar-refractivity contribution in [3.63, 3.8) is 0 Å². The molecular formula is C15H26N2O3Si. The summed E-state index contributed by atoms with van der Waals surface area (Å²) < 4.78 is 16.1. The zero-order chi connectivity index (χ0) is 15.6.